The number of piperidine rings is 2. The molecule has 5 amide bonds. The van der Waals surface area contributed by atoms with Crippen molar-refractivity contribution in [3.63, 3.8) is 0 Å². The summed E-state index contributed by atoms with van der Waals surface area (Å²) in [6.45, 7) is 8.36. The Morgan fingerprint density at radius 1 is 0.965 bits per heavy atom. The van der Waals surface area contributed by atoms with Crippen LogP contribution >= 0.6 is 22.9 Å². The monoisotopic (exact) mass is 808 g/mol. The van der Waals surface area contributed by atoms with E-state index in [1.165, 1.54) is 17.5 Å². The number of fused-ring (bicyclic) bond motifs is 3. The van der Waals surface area contributed by atoms with Crippen LogP contribution in [0.4, 0.5) is 28.1 Å². The molecule has 5 aliphatic heterocycles. The molecule has 3 atom stereocenters. The van der Waals surface area contributed by atoms with Crippen molar-refractivity contribution in [2.45, 2.75) is 64.1 Å². The fourth-order valence-corrected chi connectivity index (χ4v) is 9.88. The predicted octanol–water partition coefficient (Wildman–Crippen LogP) is 4.78. The van der Waals surface area contributed by atoms with Gasteiger partial charge in [-0.2, -0.15) is 0 Å². The third-order valence-corrected chi connectivity index (χ3v) is 13.0. The number of carbonyl (C=O) groups excluding carboxylic acids is 5. The maximum absolute atomic E-state index is 13.4. The maximum atomic E-state index is 13.4. The van der Waals surface area contributed by atoms with E-state index >= 15 is 0 Å². The molecule has 9 rings (SSSR count). The van der Waals surface area contributed by atoms with Crippen molar-refractivity contribution in [2.24, 2.45) is 5.92 Å². The molecule has 5 aliphatic rings. The van der Waals surface area contributed by atoms with Gasteiger partial charge in [0.15, 0.2) is 5.13 Å². The lowest BCUT2D eigenvalue weighted by atomic mass is 9.95. The SMILES string of the molecule is Cc1nc(Nc2ncc(C(=O)Nc3c(C)cccc3Cl)s2)cc(N2CCC(CN3CC4CC3CN4c3ccc4c(c3)C(=O)N(C3CCC(=O)NC3=O)C4=O)CC2)n1. The van der Waals surface area contributed by atoms with Crippen molar-refractivity contribution >= 4 is 80.6 Å². The first-order valence-electron chi connectivity index (χ1n) is 19.3. The average molecular weight is 809 g/mol. The van der Waals surface area contributed by atoms with E-state index in [0.717, 1.165) is 74.0 Å². The molecule has 7 heterocycles. The molecular formula is C40H41ClN10O5S. The van der Waals surface area contributed by atoms with Gasteiger partial charge in [-0.1, -0.05) is 35.1 Å². The molecule has 0 aliphatic carbocycles. The second-order valence-corrected chi connectivity index (χ2v) is 16.9. The van der Waals surface area contributed by atoms with Crippen molar-refractivity contribution in [2.75, 3.05) is 53.2 Å². The van der Waals surface area contributed by atoms with Crippen LogP contribution < -0.4 is 25.8 Å². The predicted molar refractivity (Wildman–Crippen MR) is 215 cm³/mol. The van der Waals surface area contributed by atoms with Gasteiger partial charge in [-0.05, 0) is 75.3 Å². The molecule has 0 radical (unpaired) electrons. The van der Waals surface area contributed by atoms with E-state index in [1.807, 2.05) is 38.1 Å². The number of aromatic nitrogens is 3. The molecule has 4 fully saturated rings. The Morgan fingerprint density at radius 2 is 1.77 bits per heavy atom. The number of piperazine rings is 1. The standard InChI is InChI=1S/C40H41ClN10O5S/c1-21-4-3-5-29(41)35(21)47-37(54)31-17-42-40(57-31)45-32-16-33(44-22(2)43-32)48-12-10-23(11-13-48)18-49-19-26-14-25(49)20-50(26)24-6-7-27-28(15-24)39(56)51(38(27)55)30-8-9-34(52)46-36(30)53/h3-7,15-17,23,25-26,30H,8-14,18-20H2,1-2H3,(H,47,54)(H,46,52,53)(H,42,43,44,45). The molecule has 2 aromatic carbocycles. The van der Waals surface area contributed by atoms with Gasteiger partial charge in [0, 0.05) is 63.0 Å². The van der Waals surface area contributed by atoms with Crippen molar-refractivity contribution in [3.8, 4) is 0 Å². The van der Waals surface area contributed by atoms with Crippen molar-refractivity contribution in [3.05, 3.63) is 81.1 Å². The van der Waals surface area contributed by atoms with Crippen molar-refractivity contribution in [1.82, 2.24) is 30.1 Å². The number of halogens is 1. The number of benzene rings is 2. The molecule has 3 unspecified atom stereocenters. The number of rotatable bonds is 9. The number of hydrogen-bond donors (Lipinski definition) is 3. The molecule has 2 aromatic heterocycles. The number of hydrogen-bond acceptors (Lipinski definition) is 13. The number of nitrogens with zero attached hydrogens (tertiary/aromatic N) is 7. The Hall–Kier alpha value is -5.45. The number of nitrogens with one attached hydrogen (secondary N) is 3. The number of carbonyl (C=O) groups is 5. The smallest absolute Gasteiger partial charge is 0.267 e. The highest BCUT2D eigenvalue weighted by atomic mass is 35.5. The lowest BCUT2D eigenvalue weighted by Gasteiger charge is -2.39. The van der Waals surface area contributed by atoms with Crippen LogP contribution in [-0.2, 0) is 9.59 Å². The first kappa shape index (κ1) is 37.1. The minimum absolute atomic E-state index is 0.0919. The number of imide groups is 2. The Kier molecular flexibility index (Phi) is 9.65. The summed E-state index contributed by atoms with van der Waals surface area (Å²) < 4.78 is 0. The van der Waals surface area contributed by atoms with Crippen molar-refractivity contribution < 1.29 is 24.0 Å². The molecule has 0 saturated carbocycles. The van der Waals surface area contributed by atoms with Gasteiger partial charge in [0.25, 0.3) is 17.7 Å². The van der Waals surface area contributed by atoms with Gasteiger partial charge in [0.05, 0.1) is 28.0 Å². The summed E-state index contributed by atoms with van der Waals surface area (Å²) in [4.78, 5) is 86.2. The van der Waals surface area contributed by atoms with Crippen LogP contribution in [0.5, 0.6) is 0 Å². The minimum atomic E-state index is -0.974. The van der Waals surface area contributed by atoms with E-state index in [0.29, 0.717) is 61.5 Å². The number of thiazole rings is 1. The Morgan fingerprint density at radius 3 is 2.53 bits per heavy atom. The summed E-state index contributed by atoms with van der Waals surface area (Å²) in [7, 11) is 0. The van der Waals surface area contributed by atoms with Crippen LogP contribution in [0.3, 0.4) is 0 Å². The highest BCUT2D eigenvalue weighted by Gasteiger charge is 2.47. The number of likely N-dealkylation sites (tertiary alicyclic amines) is 1. The summed E-state index contributed by atoms with van der Waals surface area (Å²) in [6.07, 6.45) is 4.91. The first-order valence-corrected chi connectivity index (χ1v) is 20.4. The summed E-state index contributed by atoms with van der Waals surface area (Å²) in [6, 6.07) is 12.6. The fraction of sp³-hybridized carbons (Fsp3) is 0.400. The molecule has 57 heavy (non-hydrogen) atoms. The Balaban J connectivity index is 0.775. The van der Waals surface area contributed by atoms with Gasteiger partial charge in [-0.3, -0.25) is 39.1 Å². The zero-order chi connectivity index (χ0) is 39.5. The highest BCUT2D eigenvalue weighted by molar-refractivity contribution is 7.17. The second kappa shape index (κ2) is 14.8. The van der Waals surface area contributed by atoms with Gasteiger partial charge in [-0.15, -0.1) is 0 Å². The van der Waals surface area contributed by atoms with E-state index in [9.17, 15) is 24.0 Å². The molecule has 294 valence electrons. The molecular weight excluding hydrogens is 768 g/mol. The molecule has 4 saturated heterocycles. The van der Waals surface area contributed by atoms with Gasteiger partial charge in [0.1, 0.15) is 28.4 Å². The number of aryl methyl sites for hydroxylation is 2. The van der Waals surface area contributed by atoms with Crippen LogP contribution in [0.2, 0.25) is 5.02 Å². The summed E-state index contributed by atoms with van der Waals surface area (Å²) in [5.74, 6) is 0.439. The van der Waals surface area contributed by atoms with Gasteiger partial charge < -0.3 is 20.4 Å². The molecule has 15 nitrogen and oxygen atoms in total. The van der Waals surface area contributed by atoms with Crippen molar-refractivity contribution in [1.29, 1.82) is 0 Å². The zero-order valence-corrected chi connectivity index (χ0v) is 33.0. The highest BCUT2D eigenvalue weighted by Crippen LogP contribution is 2.39. The fourth-order valence-electron chi connectivity index (χ4n) is 8.89. The third kappa shape index (κ3) is 7.10. The van der Waals surface area contributed by atoms with Gasteiger partial charge in [0.2, 0.25) is 11.8 Å². The van der Waals surface area contributed by atoms with E-state index in [1.54, 1.807) is 18.2 Å². The maximum Gasteiger partial charge on any atom is 0.267 e. The van der Waals surface area contributed by atoms with Crippen LogP contribution in [-0.4, -0.2) is 105 Å². The first-order chi connectivity index (χ1) is 27.5. The molecule has 17 heteroatoms. The topological polar surface area (TPSA) is 173 Å². The normalized spacial score (nSPS) is 22.4. The quantitative estimate of drug-likeness (QED) is 0.198. The molecule has 2 bridgehead atoms. The lowest BCUT2D eigenvalue weighted by Crippen LogP contribution is -2.54. The lowest BCUT2D eigenvalue weighted by molar-refractivity contribution is -0.136. The van der Waals surface area contributed by atoms with Crippen LogP contribution in [0.1, 0.15) is 73.9 Å². The second-order valence-electron chi connectivity index (χ2n) is 15.5. The summed E-state index contributed by atoms with van der Waals surface area (Å²) in [5, 5.41) is 9.44. The number of amides is 5. The largest absolute Gasteiger partial charge is 0.366 e. The molecule has 4 aromatic rings. The van der Waals surface area contributed by atoms with Gasteiger partial charge >= 0.3 is 0 Å². The molecule has 3 N–H and O–H groups in total. The summed E-state index contributed by atoms with van der Waals surface area (Å²) in [5.41, 5.74) is 2.99. The van der Waals surface area contributed by atoms with Crippen LogP contribution in [0.15, 0.2) is 48.7 Å². The van der Waals surface area contributed by atoms with Gasteiger partial charge in [-0.25, -0.2) is 15.0 Å². The minimum Gasteiger partial charge on any atom is -0.366 e. The van der Waals surface area contributed by atoms with E-state index in [2.05, 4.69) is 40.6 Å². The number of anilines is 5. The van der Waals surface area contributed by atoms with E-state index < -0.39 is 29.7 Å². The van der Waals surface area contributed by atoms with E-state index in [4.69, 9.17) is 16.6 Å². The number of para-hydroxylation sites is 1. The Bertz CT molecular complexity index is 2310. The van der Waals surface area contributed by atoms with E-state index in [-0.39, 0.29) is 18.7 Å². The van der Waals surface area contributed by atoms with Crippen LogP contribution in [0.25, 0.3) is 0 Å². The summed E-state index contributed by atoms with van der Waals surface area (Å²) >= 11 is 7.54. The third-order valence-electron chi connectivity index (χ3n) is 11.8. The molecule has 0 spiro atoms. The average Bonchev–Trinajstić information content (AvgIpc) is 3.98. The Labute approximate surface area is 337 Å². The van der Waals surface area contributed by atoms with Crippen LogP contribution in [0, 0.1) is 19.8 Å². The zero-order valence-electron chi connectivity index (χ0n) is 31.5.